The zero-order valence-electron chi connectivity index (χ0n) is 14.1. The number of aromatic nitrogens is 2. The summed E-state index contributed by atoms with van der Waals surface area (Å²) in [7, 11) is 0. The molecule has 2 aromatic carbocycles. The first-order valence-electron chi connectivity index (χ1n) is 8.42. The summed E-state index contributed by atoms with van der Waals surface area (Å²) < 4.78 is 1.64. The minimum Gasteiger partial charge on any atom is -0.379 e. The van der Waals surface area contributed by atoms with Crippen LogP contribution >= 0.6 is 0 Å². The van der Waals surface area contributed by atoms with E-state index in [1.54, 1.807) is 10.8 Å². The van der Waals surface area contributed by atoms with Crippen LogP contribution < -0.4 is 16.6 Å². The van der Waals surface area contributed by atoms with E-state index in [0.29, 0.717) is 31.1 Å². The van der Waals surface area contributed by atoms with Gasteiger partial charge in [-0.2, -0.15) is 0 Å². The highest BCUT2D eigenvalue weighted by Crippen LogP contribution is 2.16. The van der Waals surface area contributed by atoms with Crippen LogP contribution in [0.25, 0.3) is 11.4 Å². The molecule has 5 nitrogen and oxygen atoms in total. The Bertz CT molecular complexity index is 860. The monoisotopic (exact) mass is 334 g/mol. The summed E-state index contributed by atoms with van der Waals surface area (Å²) in [6.07, 6.45) is 2.46. The van der Waals surface area contributed by atoms with Gasteiger partial charge in [0.15, 0.2) is 0 Å². The summed E-state index contributed by atoms with van der Waals surface area (Å²) in [4.78, 5) is 17.3. The van der Waals surface area contributed by atoms with E-state index in [1.807, 2.05) is 48.5 Å². The summed E-state index contributed by atoms with van der Waals surface area (Å²) >= 11 is 0. The van der Waals surface area contributed by atoms with Crippen molar-refractivity contribution in [1.29, 1.82) is 0 Å². The molecule has 128 valence electrons. The van der Waals surface area contributed by atoms with Gasteiger partial charge in [0.25, 0.3) is 5.56 Å². The van der Waals surface area contributed by atoms with Gasteiger partial charge in [0.1, 0.15) is 11.5 Å². The second-order valence-corrected chi connectivity index (χ2v) is 5.77. The van der Waals surface area contributed by atoms with Gasteiger partial charge in [-0.1, -0.05) is 60.7 Å². The van der Waals surface area contributed by atoms with Crippen LogP contribution in [0.15, 0.2) is 71.7 Å². The molecule has 0 spiro atoms. The van der Waals surface area contributed by atoms with Gasteiger partial charge in [-0.15, -0.1) is 0 Å². The van der Waals surface area contributed by atoms with Crippen LogP contribution in [-0.2, 0) is 13.0 Å². The Hall–Kier alpha value is -2.92. The minimum absolute atomic E-state index is 0.0904. The number of nitrogens with two attached hydrogens (primary N) is 1. The Kier molecular flexibility index (Phi) is 5.59. The van der Waals surface area contributed by atoms with Crippen molar-refractivity contribution in [2.24, 2.45) is 5.73 Å². The molecule has 0 atom stereocenters. The number of nitrogens with zero attached hydrogens (tertiary/aromatic N) is 2. The molecule has 25 heavy (non-hydrogen) atoms. The molecule has 0 bridgehead atoms. The fraction of sp³-hybridized carbons (Fsp3) is 0.200. The van der Waals surface area contributed by atoms with Crippen molar-refractivity contribution in [1.82, 2.24) is 9.55 Å². The molecule has 0 unspecified atom stereocenters. The standard InChI is InChI=1S/C20H22N4O/c21-12-14-24-19(17-9-5-2-6-10-17)23-15-18(20(24)25)22-13-11-16-7-3-1-4-8-16/h1-10,15,22H,11-14,21H2. The maximum atomic E-state index is 12.8. The predicted octanol–water partition coefficient (Wildman–Crippen LogP) is 2.52. The smallest absolute Gasteiger partial charge is 0.277 e. The maximum absolute atomic E-state index is 12.8. The van der Waals surface area contributed by atoms with Crippen LogP contribution in [0.3, 0.4) is 0 Å². The third-order valence-electron chi connectivity index (χ3n) is 4.00. The van der Waals surface area contributed by atoms with Crippen LogP contribution in [0.2, 0.25) is 0 Å². The van der Waals surface area contributed by atoms with Crippen molar-refractivity contribution in [3.05, 3.63) is 82.8 Å². The van der Waals surface area contributed by atoms with E-state index in [2.05, 4.69) is 22.4 Å². The van der Waals surface area contributed by atoms with Crippen molar-refractivity contribution >= 4 is 5.69 Å². The Morgan fingerprint density at radius 2 is 1.68 bits per heavy atom. The van der Waals surface area contributed by atoms with Gasteiger partial charge in [0.05, 0.1) is 6.20 Å². The second-order valence-electron chi connectivity index (χ2n) is 5.77. The highest BCUT2D eigenvalue weighted by molar-refractivity contribution is 5.56. The second kappa shape index (κ2) is 8.26. The first-order chi connectivity index (χ1) is 12.3. The SMILES string of the molecule is NCCn1c(-c2ccccc2)ncc(NCCc2ccccc2)c1=O. The fourth-order valence-electron chi connectivity index (χ4n) is 2.75. The molecule has 0 aliphatic heterocycles. The number of nitrogens with one attached hydrogen (secondary N) is 1. The summed E-state index contributed by atoms with van der Waals surface area (Å²) in [5.41, 5.74) is 8.24. The van der Waals surface area contributed by atoms with Crippen molar-refractivity contribution in [3.63, 3.8) is 0 Å². The van der Waals surface area contributed by atoms with Crippen LogP contribution in [-0.4, -0.2) is 22.6 Å². The van der Waals surface area contributed by atoms with Crippen LogP contribution in [0.1, 0.15) is 5.56 Å². The highest BCUT2D eigenvalue weighted by atomic mass is 16.1. The van der Waals surface area contributed by atoms with E-state index >= 15 is 0 Å². The van der Waals surface area contributed by atoms with E-state index in [4.69, 9.17) is 5.73 Å². The molecule has 0 saturated heterocycles. The molecule has 0 saturated carbocycles. The van der Waals surface area contributed by atoms with Gasteiger partial charge in [-0.25, -0.2) is 4.98 Å². The molecule has 1 aromatic heterocycles. The quantitative estimate of drug-likeness (QED) is 0.696. The maximum Gasteiger partial charge on any atom is 0.277 e. The molecule has 1 heterocycles. The first kappa shape index (κ1) is 16.9. The average Bonchev–Trinajstić information content (AvgIpc) is 2.66. The topological polar surface area (TPSA) is 72.9 Å². The summed E-state index contributed by atoms with van der Waals surface area (Å²) in [6.45, 7) is 1.49. The molecule has 0 aliphatic carbocycles. The van der Waals surface area contributed by atoms with Crippen LogP contribution in [0.4, 0.5) is 5.69 Å². The van der Waals surface area contributed by atoms with Gasteiger partial charge in [0.2, 0.25) is 0 Å². The normalized spacial score (nSPS) is 10.6. The largest absolute Gasteiger partial charge is 0.379 e. The lowest BCUT2D eigenvalue weighted by molar-refractivity contribution is 0.675. The van der Waals surface area contributed by atoms with Crippen LogP contribution in [0.5, 0.6) is 0 Å². The van der Waals surface area contributed by atoms with Crippen molar-refractivity contribution in [2.45, 2.75) is 13.0 Å². The molecule has 0 amide bonds. The minimum atomic E-state index is -0.0904. The molecule has 0 aliphatic rings. The van der Waals surface area contributed by atoms with E-state index in [0.717, 1.165) is 12.0 Å². The fourth-order valence-corrected chi connectivity index (χ4v) is 2.75. The van der Waals surface area contributed by atoms with Crippen molar-refractivity contribution in [3.8, 4) is 11.4 Å². The highest BCUT2D eigenvalue weighted by Gasteiger charge is 2.11. The lowest BCUT2D eigenvalue weighted by Crippen LogP contribution is -2.29. The molecular formula is C20H22N4O. The summed E-state index contributed by atoms with van der Waals surface area (Å²) in [5.74, 6) is 0.643. The Balaban J connectivity index is 1.81. The zero-order chi connectivity index (χ0) is 17.5. The summed E-state index contributed by atoms with van der Waals surface area (Å²) in [6, 6.07) is 19.9. The average molecular weight is 334 g/mol. The zero-order valence-corrected chi connectivity index (χ0v) is 14.1. The van der Waals surface area contributed by atoms with E-state index in [1.165, 1.54) is 5.56 Å². The molecule has 3 rings (SSSR count). The Morgan fingerprint density at radius 3 is 2.36 bits per heavy atom. The lowest BCUT2D eigenvalue weighted by atomic mass is 10.1. The number of hydrogen-bond acceptors (Lipinski definition) is 4. The van der Waals surface area contributed by atoms with Gasteiger partial charge in [0, 0.05) is 25.2 Å². The van der Waals surface area contributed by atoms with Gasteiger partial charge < -0.3 is 11.1 Å². The molecule has 5 heteroatoms. The number of rotatable bonds is 7. The Labute approximate surface area is 147 Å². The predicted molar refractivity (Wildman–Crippen MR) is 102 cm³/mol. The summed E-state index contributed by atoms with van der Waals surface area (Å²) in [5, 5.41) is 3.20. The lowest BCUT2D eigenvalue weighted by Gasteiger charge is -2.14. The first-order valence-corrected chi connectivity index (χ1v) is 8.42. The third-order valence-corrected chi connectivity index (χ3v) is 4.00. The molecule has 0 fully saturated rings. The molecule has 3 N–H and O–H groups in total. The number of benzene rings is 2. The van der Waals surface area contributed by atoms with Crippen molar-refractivity contribution < 1.29 is 0 Å². The molecule has 0 radical (unpaired) electrons. The van der Waals surface area contributed by atoms with E-state index < -0.39 is 0 Å². The number of hydrogen-bond donors (Lipinski definition) is 2. The van der Waals surface area contributed by atoms with Gasteiger partial charge in [-0.05, 0) is 12.0 Å². The Morgan fingerprint density at radius 1 is 1.00 bits per heavy atom. The van der Waals surface area contributed by atoms with E-state index in [9.17, 15) is 4.79 Å². The molecular weight excluding hydrogens is 312 g/mol. The molecule has 3 aromatic rings. The van der Waals surface area contributed by atoms with Crippen molar-refractivity contribution in [2.75, 3.05) is 18.4 Å². The third kappa shape index (κ3) is 4.14. The van der Waals surface area contributed by atoms with E-state index in [-0.39, 0.29) is 5.56 Å². The number of anilines is 1. The van der Waals surface area contributed by atoms with Gasteiger partial charge >= 0.3 is 0 Å². The van der Waals surface area contributed by atoms with Gasteiger partial charge in [-0.3, -0.25) is 9.36 Å². The van der Waals surface area contributed by atoms with Crippen LogP contribution in [0, 0.1) is 0 Å².